The molecule has 0 radical (unpaired) electrons. The molecule has 15 nitrogen and oxygen atoms in total. The van der Waals surface area contributed by atoms with Crippen molar-refractivity contribution in [3.05, 3.63) is 105 Å². The molecule has 2 aliphatic heterocycles. The molecule has 2 aromatic carbocycles. The highest BCUT2D eigenvalue weighted by molar-refractivity contribution is 8.01. The van der Waals surface area contributed by atoms with E-state index < -0.39 is 58.9 Å². The molecule has 4 N–H and O–H groups in total. The second kappa shape index (κ2) is 15.6. The molecule has 1 fully saturated rings. The number of rotatable bonds is 13. The maximum Gasteiger partial charge on any atom is 0.352 e. The van der Waals surface area contributed by atoms with E-state index in [1.807, 2.05) is 60.7 Å². The lowest BCUT2D eigenvalue weighted by atomic mass is 10.0. The zero-order valence-corrected chi connectivity index (χ0v) is 30.5. The first-order chi connectivity index (χ1) is 24.9. The number of β-lactam (4-membered cyclic amide) rings is 1. The topological polar surface area (TPSA) is 198 Å². The number of aromatic nitrogens is 4. The summed E-state index contributed by atoms with van der Waals surface area (Å²) >= 11 is 3.78. The first kappa shape index (κ1) is 36.6. The number of thiophene rings is 1. The van der Waals surface area contributed by atoms with Gasteiger partial charge in [0.15, 0.2) is 6.10 Å². The molecule has 52 heavy (non-hydrogen) atoms. The number of aliphatic carboxylic acids is 1. The van der Waals surface area contributed by atoms with Crippen molar-refractivity contribution in [2.24, 2.45) is 7.05 Å². The molecule has 3 atom stereocenters. The summed E-state index contributed by atoms with van der Waals surface area (Å²) in [6.45, 7) is 2.99. The van der Waals surface area contributed by atoms with Gasteiger partial charge in [0.1, 0.15) is 28.7 Å². The van der Waals surface area contributed by atoms with Crippen LogP contribution in [0, 0.1) is 0 Å². The second-order valence-corrected chi connectivity index (χ2v) is 15.3. The third-order valence-corrected chi connectivity index (χ3v) is 11.6. The minimum atomic E-state index is -1.52. The smallest absolute Gasteiger partial charge is 0.352 e. The predicted molar refractivity (Wildman–Crippen MR) is 193 cm³/mol. The minimum Gasteiger partial charge on any atom is -0.477 e. The van der Waals surface area contributed by atoms with Crippen LogP contribution in [0.2, 0.25) is 0 Å². The Morgan fingerprint density at radius 3 is 2.29 bits per heavy atom. The monoisotopic (exact) mass is 762 g/mol. The number of fused-ring (bicyclic) bond motifs is 1. The Morgan fingerprint density at radius 2 is 1.71 bits per heavy atom. The Hall–Kier alpha value is -5.20. The summed E-state index contributed by atoms with van der Waals surface area (Å²) in [6.07, 6.45) is -0.734. The van der Waals surface area contributed by atoms with Crippen LogP contribution in [-0.4, -0.2) is 88.5 Å². The maximum absolute atomic E-state index is 13.7. The zero-order chi connectivity index (χ0) is 37.0. The van der Waals surface area contributed by atoms with Gasteiger partial charge in [-0.15, -0.1) is 28.2 Å². The largest absolute Gasteiger partial charge is 0.477 e. The van der Waals surface area contributed by atoms with E-state index in [1.54, 1.807) is 24.6 Å². The number of tetrazole rings is 1. The number of ether oxygens (including phenoxy) is 1. The molecule has 4 aromatic rings. The van der Waals surface area contributed by atoms with Crippen molar-refractivity contribution in [3.63, 3.8) is 0 Å². The van der Waals surface area contributed by atoms with Crippen LogP contribution < -0.4 is 16.0 Å². The highest BCUT2D eigenvalue weighted by Crippen LogP contribution is 2.41. The molecule has 0 aliphatic carbocycles. The van der Waals surface area contributed by atoms with Gasteiger partial charge in [-0.1, -0.05) is 78.5 Å². The summed E-state index contributed by atoms with van der Waals surface area (Å²) in [7, 11) is 1.66. The molecule has 0 saturated carbocycles. The molecule has 270 valence electrons. The van der Waals surface area contributed by atoms with E-state index in [4.69, 9.17) is 4.74 Å². The number of nitrogens with one attached hydrogen (secondary N) is 3. The standard InChI is InChI=1S/C34H34N8O7S3/c1-34(2,31(47)49-26(19-11-6-4-7-12-19)20-13-8-5-9-14-20)37-32(48)36-23(22-15-10-16-50-22)27(43)35-24-28(44)42-25(30(45)46)21(17-51-29(24)42)18-52-33-38-39-40-41(33)3/h4-16,23-24,26,29H,17-18H2,1-3H3,(H,35,43)(H,45,46)(H2,36,37,48)/t23?,24-,29?/m0/s1. The number of carbonyl (C=O) groups excluding carboxylic acids is 4. The third kappa shape index (κ3) is 7.83. The SMILES string of the molecule is Cn1nnnc1SCC1=C(C(=O)O)N2C(=O)[C@H](NC(=O)C(NC(=O)NC(C)(C)C(=O)OC(c3ccccc3)c3ccccc3)c3cccs3)C2SC1. The number of urea groups is 1. The molecule has 18 heteroatoms. The summed E-state index contributed by atoms with van der Waals surface area (Å²) in [4.78, 5) is 68.0. The number of thioether (sulfide) groups is 2. The Morgan fingerprint density at radius 1 is 1.04 bits per heavy atom. The molecule has 1 saturated heterocycles. The zero-order valence-electron chi connectivity index (χ0n) is 28.1. The lowest BCUT2D eigenvalue weighted by Crippen LogP contribution is -2.71. The van der Waals surface area contributed by atoms with Crippen LogP contribution >= 0.6 is 34.9 Å². The normalized spacial score (nSPS) is 17.5. The van der Waals surface area contributed by atoms with Gasteiger partial charge >= 0.3 is 18.0 Å². The molecular formula is C34H34N8O7S3. The van der Waals surface area contributed by atoms with Crippen molar-refractivity contribution in [3.8, 4) is 0 Å². The average molecular weight is 763 g/mol. The van der Waals surface area contributed by atoms with E-state index in [2.05, 4.69) is 31.5 Å². The summed E-state index contributed by atoms with van der Waals surface area (Å²) in [5.41, 5.74) is 0.361. The number of amides is 4. The van der Waals surface area contributed by atoms with Crippen molar-refractivity contribution in [2.45, 2.75) is 48.1 Å². The Labute approximate surface area is 310 Å². The van der Waals surface area contributed by atoms with Crippen LogP contribution in [0.15, 0.2) is 94.6 Å². The fourth-order valence-electron chi connectivity index (χ4n) is 5.59. The van der Waals surface area contributed by atoms with Crippen LogP contribution in [0.25, 0.3) is 0 Å². The van der Waals surface area contributed by atoms with Crippen molar-refractivity contribution < 1.29 is 33.8 Å². The minimum absolute atomic E-state index is 0.134. The maximum atomic E-state index is 13.7. The van der Waals surface area contributed by atoms with Crippen LogP contribution in [-0.2, 0) is 31.0 Å². The molecule has 0 bridgehead atoms. The highest BCUT2D eigenvalue weighted by Gasteiger charge is 2.54. The van der Waals surface area contributed by atoms with Crippen LogP contribution in [0.1, 0.15) is 42.0 Å². The van der Waals surface area contributed by atoms with Gasteiger partial charge in [0, 0.05) is 23.4 Å². The molecule has 4 heterocycles. The second-order valence-electron chi connectivity index (χ2n) is 12.3. The van der Waals surface area contributed by atoms with E-state index in [1.165, 1.54) is 58.3 Å². The van der Waals surface area contributed by atoms with Crippen LogP contribution in [0.4, 0.5) is 4.79 Å². The van der Waals surface area contributed by atoms with Gasteiger partial charge in [-0.05, 0) is 52.4 Å². The molecule has 2 aliphatic rings. The molecule has 6 rings (SSSR count). The molecule has 2 unspecified atom stereocenters. The lowest BCUT2D eigenvalue weighted by Gasteiger charge is -2.49. The number of esters is 1. The Kier molecular flexibility index (Phi) is 11.0. The van der Waals surface area contributed by atoms with Gasteiger partial charge in [0.25, 0.3) is 5.91 Å². The number of carboxylic acid groups (broad SMARTS) is 1. The predicted octanol–water partition coefficient (Wildman–Crippen LogP) is 3.25. The molecular weight excluding hydrogens is 729 g/mol. The number of benzene rings is 2. The fourth-order valence-corrected chi connectivity index (χ4v) is 8.70. The lowest BCUT2D eigenvalue weighted by molar-refractivity contribution is -0.153. The summed E-state index contributed by atoms with van der Waals surface area (Å²) in [5, 5.41) is 30.8. The summed E-state index contributed by atoms with van der Waals surface area (Å²) < 4.78 is 7.42. The first-order valence-electron chi connectivity index (χ1n) is 15.9. The third-order valence-electron chi connectivity index (χ3n) is 8.24. The number of carboxylic acids is 1. The summed E-state index contributed by atoms with van der Waals surface area (Å²) in [5.74, 6) is -2.68. The van der Waals surface area contributed by atoms with E-state index in [0.29, 0.717) is 21.4 Å². The van der Waals surface area contributed by atoms with E-state index in [0.717, 1.165) is 11.1 Å². The quantitative estimate of drug-likeness (QED) is 0.0883. The van der Waals surface area contributed by atoms with Gasteiger partial charge < -0.3 is 25.8 Å². The Bertz CT molecular complexity index is 1950. The highest BCUT2D eigenvalue weighted by atomic mass is 32.2. The van der Waals surface area contributed by atoms with E-state index in [9.17, 15) is 29.1 Å². The average Bonchev–Trinajstić information content (AvgIpc) is 3.82. The number of aryl methyl sites for hydroxylation is 1. The van der Waals surface area contributed by atoms with Gasteiger partial charge in [-0.3, -0.25) is 14.5 Å². The van der Waals surface area contributed by atoms with E-state index in [-0.39, 0.29) is 11.4 Å². The number of carbonyl (C=O) groups is 5. The number of hydrogen-bond donors (Lipinski definition) is 4. The molecule has 2 aromatic heterocycles. The molecule has 4 amide bonds. The van der Waals surface area contributed by atoms with Crippen molar-refractivity contribution in [1.82, 2.24) is 41.1 Å². The van der Waals surface area contributed by atoms with Crippen molar-refractivity contribution in [1.29, 1.82) is 0 Å². The molecule has 0 spiro atoms. The van der Waals surface area contributed by atoms with E-state index >= 15 is 0 Å². The Balaban J connectivity index is 1.12. The van der Waals surface area contributed by atoms with Gasteiger partial charge in [-0.2, -0.15) is 0 Å². The number of nitrogens with zero attached hydrogens (tertiary/aromatic N) is 5. The van der Waals surface area contributed by atoms with Crippen molar-refractivity contribution >= 4 is 64.6 Å². The van der Waals surface area contributed by atoms with Crippen molar-refractivity contribution in [2.75, 3.05) is 11.5 Å². The van der Waals surface area contributed by atoms with Gasteiger partial charge in [0.05, 0.1) is 0 Å². The fraction of sp³-hybridized carbons (Fsp3) is 0.294. The first-order valence-corrected chi connectivity index (χ1v) is 18.8. The summed E-state index contributed by atoms with van der Waals surface area (Å²) in [6, 6.07) is 18.7. The number of hydrogen-bond acceptors (Lipinski definition) is 12. The van der Waals surface area contributed by atoms with Gasteiger partial charge in [0.2, 0.25) is 11.1 Å². The van der Waals surface area contributed by atoms with Crippen LogP contribution in [0.5, 0.6) is 0 Å². The van der Waals surface area contributed by atoms with Gasteiger partial charge in [-0.25, -0.2) is 19.1 Å². The van der Waals surface area contributed by atoms with Crippen LogP contribution in [0.3, 0.4) is 0 Å².